The van der Waals surface area contributed by atoms with Gasteiger partial charge in [0.1, 0.15) is 0 Å². The number of rotatable bonds is 6. The number of hydrogen-bond acceptors (Lipinski definition) is 4. The molecule has 1 aliphatic rings. The van der Waals surface area contributed by atoms with Crippen LogP contribution in [0, 0.1) is 0 Å². The Morgan fingerprint density at radius 1 is 1.53 bits per heavy atom. The molecule has 0 aromatic carbocycles. The third-order valence-electron chi connectivity index (χ3n) is 3.00. The maximum Gasteiger partial charge on any atom is 0.0396 e. The van der Waals surface area contributed by atoms with E-state index in [4.69, 9.17) is 18.0 Å². The monoisotopic (exact) mass is 229 g/mol. The second kappa shape index (κ2) is 6.53. The van der Waals surface area contributed by atoms with Crippen LogP contribution in [-0.2, 0) is 0 Å². The Bertz CT molecular complexity index is 206. The van der Waals surface area contributed by atoms with E-state index in [0.717, 1.165) is 39.0 Å². The fourth-order valence-electron chi connectivity index (χ4n) is 2.01. The molecule has 0 amide bonds. The van der Waals surface area contributed by atoms with E-state index in [-0.39, 0.29) is 0 Å². The Balaban J connectivity index is 2.29. The van der Waals surface area contributed by atoms with Crippen molar-refractivity contribution in [2.45, 2.75) is 38.8 Å². The van der Waals surface area contributed by atoms with E-state index < -0.39 is 0 Å². The molecular formula is C11H23N3S. The standard InChI is InChI=1S/C11H23N3S/c1-9(2)14(8-5-12)7-4-10-11(15)3-6-13-10/h9-10,13H,3-8,12H2,1-2H3. The fourth-order valence-corrected chi connectivity index (χ4v) is 2.31. The lowest BCUT2D eigenvalue weighted by Gasteiger charge is -2.27. The third kappa shape index (κ3) is 4.15. The second-order valence-electron chi connectivity index (χ2n) is 4.43. The van der Waals surface area contributed by atoms with Crippen LogP contribution in [0.3, 0.4) is 0 Å². The minimum atomic E-state index is 0.457. The molecule has 0 spiro atoms. The molecule has 1 atom stereocenters. The van der Waals surface area contributed by atoms with Crippen molar-refractivity contribution in [1.82, 2.24) is 10.2 Å². The van der Waals surface area contributed by atoms with Gasteiger partial charge in [0.05, 0.1) is 0 Å². The summed E-state index contributed by atoms with van der Waals surface area (Å²) in [4.78, 5) is 3.62. The van der Waals surface area contributed by atoms with Gasteiger partial charge in [-0.3, -0.25) is 4.90 Å². The Labute approximate surface area is 98.4 Å². The number of nitrogens with two attached hydrogens (primary N) is 1. The number of nitrogens with zero attached hydrogens (tertiary/aromatic N) is 1. The molecule has 1 saturated heterocycles. The third-order valence-corrected chi connectivity index (χ3v) is 3.49. The van der Waals surface area contributed by atoms with Gasteiger partial charge in [0.2, 0.25) is 0 Å². The Kier molecular flexibility index (Phi) is 5.68. The Hall–Kier alpha value is -0.0300. The first kappa shape index (κ1) is 13.0. The zero-order valence-corrected chi connectivity index (χ0v) is 10.6. The predicted octanol–water partition coefficient (Wildman–Crippen LogP) is 0.777. The average Bonchev–Trinajstić information content (AvgIpc) is 2.58. The molecule has 1 fully saturated rings. The number of hydrogen-bond donors (Lipinski definition) is 2. The molecule has 0 aliphatic carbocycles. The van der Waals surface area contributed by atoms with Crippen molar-refractivity contribution in [3.05, 3.63) is 0 Å². The lowest BCUT2D eigenvalue weighted by atomic mass is 10.1. The summed E-state index contributed by atoms with van der Waals surface area (Å²) in [5.41, 5.74) is 5.60. The van der Waals surface area contributed by atoms with Crippen molar-refractivity contribution >= 4 is 17.1 Å². The molecule has 15 heavy (non-hydrogen) atoms. The largest absolute Gasteiger partial charge is 0.329 e. The van der Waals surface area contributed by atoms with Crippen LogP contribution < -0.4 is 11.1 Å². The molecule has 1 rings (SSSR count). The zero-order chi connectivity index (χ0) is 11.3. The van der Waals surface area contributed by atoms with E-state index in [1.165, 1.54) is 4.86 Å². The van der Waals surface area contributed by atoms with Crippen LogP contribution in [0.2, 0.25) is 0 Å². The van der Waals surface area contributed by atoms with Crippen LogP contribution >= 0.6 is 12.2 Å². The highest BCUT2D eigenvalue weighted by Crippen LogP contribution is 2.09. The van der Waals surface area contributed by atoms with Crippen LogP contribution in [0.4, 0.5) is 0 Å². The van der Waals surface area contributed by atoms with E-state index in [1.54, 1.807) is 0 Å². The fraction of sp³-hybridized carbons (Fsp3) is 0.909. The molecule has 1 heterocycles. The van der Waals surface area contributed by atoms with Gasteiger partial charge in [0, 0.05) is 43.1 Å². The Morgan fingerprint density at radius 2 is 2.27 bits per heavy atom. The minimum Gasteiger partial charge on any atom is -0.329 e. The summed E-state index contributed by atoms with van der Waals surface area (Å²) < 4.78 is 0. The predicted molar refractivity (Wildman–Crippen MR) is 69.4 cm³/mol. The van der Waals surface area contributed by atoms with Gasteiger partial charge in [0.25, 0.3) is 0 Å². The summed E-state index contributed by atoms with van der Waals surface area (Å²) in [6.07, 6.45) is 2.19. The van der Waals surface area contributed by atoms with Gasteiger partial charge < -0.3 is 11.1 Å². The van der Waals surface area contributed by atoms with Gasteiger partial charge in [-0.1, -0.05) is 12.2 Å². The summed E-state index contributed by atoms with van der Waals surface area (Å²) in [5, 5.41) is 3.44. The lowest BCUT2D eigenvalue weighted by molar-refractivity contribution is 0.222. The molecule has 0 aromatic heterocycles. The van der Waals surface area contributed by atoms with E-state index >= 15 is 0 Å². The highest BCUT2D eigenvalue weighted by atomic mass is 32.1. The molecule has 0 aromatic rings. The summed E-state index contributed by atoms with van der Waals surface area (Å²) in [6.45, 7) is 8.30. The maximum absolute atomic E-state index is 5.60. The van der Waals surface area contributed by atoms with Gasteiger partial charge in [-0.2, -0.15) is 0 Å². The molecule has 3 N–H and O–H groups in total. The normalized spacial score (nSPS) is 21.9. The first-order valence-corrected chi connectivity index (χ1v) is 6.26. The zero-order valence-electron chi connectivity index (χ0n) is 9.83. The molecule has 3 nitrogen and oxygen atoms in total. The van der Waals surface area contributed by atoms with Crippen molar-refractivity contribution in [2.75, 3.05) is 26.2 Å². The highest BCUT2D eigenvalue weighted by molar-refractivity contribution is 7.80. The van der Waals surface area contributed by atoms with Crippen molar-refractivity contribution in [3.8, 4) is 0 Å². The van der Waals surface area contributed by atoms with Crippen molar-refractivity contribution in [2.24, 2.45) is 5.73 Å². The van der Waals surface area contributed by atoms with E-state index in [1.807, 2.05) is 0 Å². The quantitative estimate of drug-likeness (QED) is 0.660. The van der Waals surface area contributed by atoms with E-state index in [0.29, 0.717) is 12.1 Å². The number of thiocarbonyl (C=S) groups is 1. The molecule has 4 heteroatoms. The van der Waals surface area contributed by atoms with Gasteiger partial charge in [-0.05, 0) is 26.7 Å². The molecule has 1 aliphatic heterocycles. The molecule has 88 valence electrons. The van der Waals surface area contributed by atoms with Crippen LogP contribution in [0.5, 0.6) is 0 Å². The van der Waals surface area contributed by atoms with Crippen LogP contribution in [0.15, 0.2) is 0 Å². The topological polar surface area (TPSA) is 41.3 Å². The highest BCUT2D eigenvalue weighted by Gasteiger charge is 2.20. The summed E-state index contributed by atoms with van der Waals surface area (Å²) in [7, 11) is 0. The molecule has 0 radical (unpaired) electrons. The van der Waals surface area contributed by atoms with Gasteiger partial charge in [0.15, 0.2) is 0 Å². The van der Waals surface area contributed by atoms with Crippen molar-refractivity contribution < 1.29 is 0 Å². The van der Waals surface area contributed by atoms with Crippen LogP contribution in [0.1, 0.15) is 26.7 Å². The average molecular weight is 229 g/mol. The van der Waals surface area contributed by atoms with E-state index in [9.17, 15) is 0 Å². The SMILES string of the molecule is CC(C)N(CCN)CCC1NCCC1=S. The van der Waals surface area contributed by atoms with Crippen LogP contribution in [0.25, 0.3) is 0 Å². The van der Waals surface area contributed by atoms with E-state index in [2.05, 4.69) is 24.1 Å². The molecule has 0 saturated carbocycles. The lowest BCUT2D eigenvalue weighted by Crippen LogP contribution is -2.39. The first-order chi connectivity index (χ1) is 7.15. The first-order valence-electron chi connectivity index (χ1n) is 5.85. The van der Waals surface area contributed by atoms with Crippen LogP contribution in [-0.4, -0.2) is 48.0 Å². The molecular weight excluding hydrogens is 206 g/mol. The van der Waals surface area contributed by atoms with Gasteiger partial charge >= 0.3 is 0 Å². The summed E-state index contributed by atoms with van der Waals surface area (Å²) >= 11 is 5.32. The second-order valence-corrected chi connectivity index (χ2v) is 4.95. The molecule has 0 bridgehead atoms. The van der Waals surface area contributed by atoms with Gasteiger partial charge in [-0.25, -0.2) is 0 Å². The number of nitrogens with one attached hydrogen (secondary N) is 1. The van der Waals surface area contributed by atoms with Crippen molar-refractivity contribution in [3.63, 3.8) is 0 Å². The summed E-state index contributed by atoms with van der Waals surface area (Å²) in [5.74, 6) is 0. The summed E-state index contributed by atoms with van der Waals surface area (Å²) in [6, 6.07) is 1.03. The van der Waals surface area contributed by atoms with Gasteiger partial charge in [-0.15, -0.1) is 0 Å². The maximum atomic E-state index is 5.60. The van der Waals surface area contributed by atoms with Crippen molar-refractivity contribution in [1.29, 1.82) is 0 Å². The molecule has 1 unspecified atom stereocenters. The minimum absolute atomic E-state index is 0.457. The smallest absolute Gasteiger partial charge is 0.0396 e. The Morgan fingerprint density at radius 3 is 2.73 bits per heavy atom.